The molecule has 2 rings (SSSR count). The van der Waals surface area contributed by atoms with Crippen LogP contribution in [0.3, 0.4) is 0 Å². The molecule has 0 spiro atoms. The predicted molar refractivity (Wildman–Crippen MR) is 80.7 cm³/mol. The van der Waals surface area contributed by atoms with Gasteiger partial charge in [-0.05, 0) is 32.0 Å². The third-order valence-corrected chi connectivity index (χ3v) is 3.04. The van der Waals surface area contributed by atoms with Crippen LogP contribution < -0.4 is 10.2 Å². The summed E-state index contributed by atoms with van der Waals surface area (Å²) in [5.74, 6) is 0. The predicted octanol–water partition coefficient (Wildman–Crippen LogP) is 3.14. The first-order valence-electron chi connectivity index (χ1n) is 6.60. The molecule has 0 fully saturated rings. The molecule has 19 heavy (non-hydrogen) atoms. The van der Waals surface area contributed by atoms with Gasteiger partial charge in [0.25, 0.3) is 0 Å². The van der Waals surface area contributed by atoms with E-state index in [4.69, 9.17) is 0 Å². The number of nitrogens with one attached hydrogen (secondary N) is 1. The van der Waals surface area contributed by atoms with Gasteiger partial charge in [0.05, 0.1) is 6.20 Å². The van der Waals surface area contributed by atoms with Crippen molar-refractivity contribution in [3.05, 3.63) is 42.2 Å². The zero-order chi connectivity index (χ0) is 13.8. The molecule has 0 unspecified atom stereocenters. The van der Waals surface area contributed by atoms with Crippen LogP contribution in [-0.2, 0) is 6.54 Å². The van der Waals surface area contributed by atoms with Gasteiger partial charge in [0.1, 0.15) is 0 Å². The van der Waals surface area contributed by atoms with E-state index < -0.39 is 0 Å². The number of hydrogen-bond acceptors (Lipinski definition) is 3. The van der Waals surface area contributed by atoms with Gasteiger partial charge >= 0.3 is 0 Å². The molecule has 0 aliphatic rings. The van der Waals surface area contributed by atoms with Crippen LogP contribution in [0.5, 0.6) is 0 Å². The van der Waals surface area contributed by atoms with E-state index in [-0.39, 0.29) is 0 Å². The van der Waals surface area contributed by atoms with Crippen LogP contribution in [-0.4, -0.2) is 23.9 Å². The number of aromatic nitrogens is 2. The first-order chi connectivity index (χ1) is 9.06. The smallest absolute Gasteiger partial charge is 0.0539 e. The van der Waals surface area contributed by atoms with Gasteiger partial charge in [0.2, 0.25) is 0 Å². The highest BCUT2D eigenvalue weighted by Gasteiger charge is 2.02. The molecule has 0 radical (unpaired) electrons. The molecular formula is C15H22N4. The molecule has 0 bridgehead atoms. The molecule has 0 aliphatic heterocycles. The normalized spacial score (nSPS) is 10.8. The van der Waals surface area contributed by atoms with Crippen LogP contribution in [0.25, 0.3) is 0 Å². The molecular weight excluding hydrogens is 236 g/mol. The van der Waals surface area contributed by atoms with Crippen molar-refractivity contribution in [2.24, 2.45) is 0 Å². The van der Waals surface area contributed by atoms with Crippen LogP contribution in [0, 0.1) is 0 Å². The Bertz CT molecular complexity index is 528. The number of anilines is 2. The lowest BCUT2D eigenvalue weighted by Gasteiger charge is -2.14. The maximum atomic E-state index is 4.34. The summed E-state index contributed by atoms with van der Waals surface area (Å²) in [7, 11) is 4.09. The Kier molecular flexibility index (Phi) is 4.10. The first kappa shape index (κ1) is 13.5. The highest BCUT2D eigenvalue weighted by Crippen LogP contribution is 2.18. The zero-order valence-electron chi connectivity index (χ0n) is 12.1. The minimum absolute atomic E-state index is 0.408. The lowest BCUT2D eigenvalue weighted by atomic mass is 10.2. The van der Waals surface area contributed by atoms with Gasteiger partial charge in [0.15, 0.2) is 0 Å². The van der Waals surface area contributed by atoms with E-state index in [9.17, 15) is 0 Å². The van der Waals surface area contributed by atoms with Gasteiger partial charge < -0.3 is 10.2 Å². The van der Waals surface area contributed by atoms with Crippen molar-refractivity contribution < 1.29 is 0 Å². The molecule has 0 aliphatic carbocycles. The standard InChI is InChI=1S/C15H22N4/c1-12(2)19-11-13(10-17-19)9-16-14-6-5-7-15(8-14)18(3)4/h5-8,10-12,16H,9H2,1-4H3. The molecule has 0 saturated heterocycles. The largest absolute Gasteiger partial charge is 0.381 e. The van der Waals surface area contributed by atoms with Crippen molar-refractivity contribution in [1.29, 1.82) is 0 Å². The average Bonchev–Trinajstić information content (AvgIpc) is 2.85. The lowest BCUT2D eigenvalue weighted by Crippen LogP contribution is -2.09. The summed E-state index contributed by atoms with van der Waals surface area (Å²) in [4.78, 5) is 2.10. The Hall–Kier alpha value is -1.97. The summed E-state index contributed by atoms with van der Waals surface area (Å²) in [6.07, 6.45) is 4.01. The molecule has 4 nitrogen and oxygen atoms in total. The maximum Gasteiger partial charge on any atom is 0.0539 e. The van der Waals surface area contributed by atoms with Crippen molar-refractivity contribution in [2.75, 3.05) is 24.3 Å². The number of nitrogens with zero attached hydrogens (tertiary/aromatic N) is 3. The molecule has 1 aromatic heterocycles. The molecule has 1 aromatic carbocycles. The van der Waals surface area contributed by atoms with Gasteiger partial charge in [-0.2, -0.15) is 5.10 Å². The molecule has 2 aromatic rings. The van der Waals surface area contributed by atoms with Crippen LogP contribution in [0.4, 0.5) is 11.4 Å². The van der Waals surface area contributed by atoms with Gasteiger partial charge in [-0.15, -0.1) is 0 Å². The highest BCUT2D eigenvalue weighted by molar-refractivity contribution is 5.57. The molecule has 102 valence electrons. The SMILES string of the molecule is CC(C)n1cc(CNc2cccc(N(C)C)c2)cn1. The molecule has 4 heteroatoms. The topological polar surface area (TPSA) is 33.1 Å². The monoisotopic (exact) mass is 258 g/mol. The third-order valence-electron chi connectivity index (χ3n) is 3.04. The molecule has 0 saturated carbocycles. The zero-order valence-corrected chi connectivity index (χ0v) is 12.1. The van der Waals surface area contributed by atoms with Gasteiger partial charge in [0, 0.05) is 49.8 Å². The highest BCUT2D eigenvalue weighted by atomic mass is 15.3. The first-order valence-corrected chi connectivity index (χ1v) is 6.60. The van der Waals surface area contributed by atoms with E-state index in [1.54, 1.807) is 0 Å². The minimum atomic E-state index is 0.408. The van der Waals surface area contributed by atoms with E-state index in [2.05, 4.69) is 59.6 Å². The molecule has 1 N–H and O–H groups in total. The second-order valence-electron chi connectivity index (χ2n) is 5.22. The van der Waals surface area contributed by atoms with Crippen molar-refractivity contribution in [1.82, 2.24) is 9.78 Å². The van der Waals surface area contributed by atoms with Gasteiger partial charge in [-0.25, -0.2) is 0 Å². The van der Waals surface area contributed by atoms with Crippen LogP contribution in [0.1, 0.15) is 25.5 Å². The van der Waals surface area contributed by atoms with E-state index in [0.717, 1.165) is 12.2 Å². The Balaban J connectivity index is 1.99. The van der Waals surface area contributed by atoms with Crippen molar-refractivity contribution in [3.8, 4) is 0 Å². The van der Waals surface area contributed by atoms with Crippen molar-refractivity contribution >= 4 is 11.4 Å². The summed E-state index contributed by atoms with van der Waals surface area (Å²) < 4.78 is 1.98. The summed E-state index contributed by atoms with van der Waals surface area (Å²) >= 11 is 0. The van der Waals surface area contributed by atoms with E-state index >= 15 is 0 Å². The average molecular weight is 258 g/mol. The number of benzene rings is 1. The fourth-order valence-electron chi connectivity index (χ4n) is 1.85. The second-order valence-corrected chi connectivity index (χ2v) is 5.22. The Labute approximate surface area is 115 Å². The van der Waals surface area contributed by atoms with E-state index in [0.29, 0.717) is 6.04 Å². The summed E-state index contributed by atoms with van der Waals surface area (Å²) in [6.45, 7) is 5.05. The lowest BCUT2D eigenvalue weighted by molar-refractivity contribution is 0.532. The van der Waals surface area contributed by atoms with Crippen molar-refractivity contribution in [2.45, 2.75) is 26.4 Å². The van der Waals surface area contributed by atoms with Crippen molar-refractivity contribution in [3.63, 3.8) is 0 Å². The Morgan fingerprint density at radius 2 is 2.11 bits per heavy atom. The van der Waals surface area contributed by atoms with Crippen LogP contribution in [0.2, 0.25) is 0 Å². The summed E-state index contributed by atoms with van der Waals surface area (Å²) in [6, 6.07) is 8.80. The maximum absolute atomic E-state index is 4.34. The Morgan fingerprint density at radius 3 is 2.74 bits per heavy atom. The molecule has 1 heterocycles. The second kappa shape index (κ2) is 5.78. The number of hydrogen-bond donors (Lipinski definition) is 1. The quantitative estimate of drug-likeness (QED) is 0.894. The molecule has 0 atom stereocenters. The number of rotatable bonds is 5. The van der Waals surface area contributed by atoms with E-state index in [1.807, 2.05) is 25.0 Å². The minimum Gasteiger partial charge on any atom is -0.381 e. The fourth-order valence-corrected chi connectivity index (χ4v) is 1.85. The van der Waals surface area contributed by atoms with Gasteiger partial charge in [-0.1, -0.05) is 6.07 Å². The summed E-state index contributed by atoms with van der Waals surface area (Å²) in [5, 5.41) is 7.77. The van der Waals surface area contributed by atoms with Gasteiger partial charge in [-0.3, -0.25) is 4.68 Å². The Morgan fingerprint density at radius 1 is 1.32 bits per heavy atom. The fraction of sp³-hybridized carbons (Fsp3) is 0.400. The third kappa shape index (κ3) is 3.50. The summed E-state index contributed by atoms with van der Waals surface area (Å²) in [5.41, 5.74) is 3.52. The van der Waals surface area contributed by atoms with E-state index in [1.165, 1.54) is 11.3 Å². The van der Waals surface area contributed by atoms with Crippen LogP contribution in [0.15, 0.2) is 36.7 Å². The van der Waals surface area contributed by atoms with Crippen LogP contribution >= 0.6 is 0 Å². The molecule has 0 amide bonds.